The van der Waals surface area contributed by atoms with Gasteiger partial charge in [-0.25, -0.2) is 0 Å². The average Bonchev–Trinajstić information content (AvgIpc) is 2.50. The molecular weight excluding hydrogens is 318 g/mol. The first-order valence-electron chi connectivity index (χ1n) is 7.71. The van der Waals surface area contributed by atoms with Gasteiger partial charge in [-0.2, -0.15) is 0 Å². The van der Waals surface area contributed by atoms with E-state index in [9.17, 15) is 4.79 Å². The second kappa shape index (κ2) is 10.1. The molecule has 5 nitrogen and oxygen atoms in total. The summed E-state index contributed by atoms with van der Waals surface area (Å²) in [5.41, 5.74) is 0.731. The van der Waals surface area contributed by atoms with Crippen molar-refractivity contribution in [1.29, 1.82) is 0 Å². The van der Waals surface area contributed by atoms with Gasteiger partial charge in [-0.05, 0) is 44.0 Å². The van der Waals surface area contributed by atoms with Crippen LogP contribution in [0.4, 0.5) is 0 Å². The molecule has 0 radical (unpaired) electrons. The summed E-state index contributed by atoms with van der Waals surface area (Å²) in [4.78, 5) is 11.6. The SMILES string of the molecule is CCCOc1c(Cl)cc(/C=C/C(=O)NCC(C)O)cc1OCC. The number of halogens is 1. The van der Waals surface area contributed by atoms with Gasteiger partial charge >= 0.3 is 0 Å². The summed E-state index contributed by atoms with van der Waals surface area (Å²) in [5, 5.41) is 12.2. The highest BCUT2D eigenvalue weighted by Gasteiger charge is 2.11. The van der Waals surface area contributed by atoms with Crippen LogP contribution in [0.5, 0.6) is 11.5 Å². The number of aliphatic hydroxyl groups excluding tert-OH is 1. The van der Waals surface area contributed by atoms with Crippen molar-refractivity contribution in [2.45, 2.75) is 33.3 Å². The minimum atomic E-state index is -0.582. The zero-order valence-electron chi connectivity index (χ0n) is 13.8. The molecule has 0 spiro atoms. The van der Waals surface area contributed by atoms with E-state index < -0.39 is 6.10 Å². The number of carbonyl (C=O) groups is 1. The van der Waals surface area contributed by atoms with Crippen LogP contribution in [0.25, 0.3) is 6.08 Å². The van der Waals surface area contributed by atoms with Crippen molar-refractivity contribution in [3.8, 4) is 11.5 Å². The molecule has 23 heavy (non-hydrogen) atoms. The molecular formula is C17H24ClNO4. The van der Waals surface area contributed by atoms with Crippen LogP contribution in [-0.4, -0.2) is 36.9 Å². The normalized spacial score (nSPS) is 12.2. The van der Waals surface area contributed by atoms with Gasteiger partial charge in [0.1, 0.15) is 0 Å². The van der Waals surface area contributed by atoms with Crippen LogP contribution in [0.1, 0.15) is 32.8 Å². The van der Waals surface area contributed by atoms with Crippen molar-refractivity contribution in [1.82, 2.24) is 5.32 Å². The van der Waals surface area contributed by atoms with Gasteiger partial charge in [0.2, 0.25) is 5.91 Å². The fourth-order valence-corrected chi connectivity index (χ4v) is 2.04. The predicted octanol–water partition coefficient (Wildman–Crippen LogP) is 3.04. The number of ether oxygens (including phenoxy) is 2. The first-order chi connectivity index (χ1) is 11.0. The number of aliphatic hydroxyl groups is 1. The molecule has 1 aromatic rings. The van der Waals surface area contributed by atoms with E-state index in [1.165, 1.54) is 6.08 Å². The lowest BCUT2D eigenvalue weighted by Crippen LogP contribution is -2.28. The van der Waals surface area contributed by atoms with Crippen molar-refractivity contribution in [2.24, 2.45) is 0 Å². The van der Waals surface area contributed by atoms with Crippen molar-refractivity contribution < 1.29 is 19.4 Å². The summed E-state index contributed by atoms with van der Waals surface area (Å²) in [7, 11) is 0. The second-order valence-corrected chi connectivity index (χ2v) is 5.45. The Bertz CT molecular complexity index is 544. The van der Waals surface area contributed by atoms with E-state index in [2.05, 4.69) is 5.32 Å². The van der Waals surface area contributed by atoms with E-state index in [-0.39, 0.29) is 12.5 Å². The number of benzene rings is 1. The molecule has 2 N–H and O–H groups in total. The lowest BCUT2D eigenvalue weighted by atomic mass is 10.2. The number of nitrogens with one attached hydrogen (secondary N) is 1. The molecule has 0 heterocycles. The van der Waals surface area contributed by atoms with Gasteiger partial charge < -0.3 is 19.9 Å². The third kappa shape index (κ3) is 6.93. The average molecular weight is 342 g/mol. The number of carbonyl (C=O) groups excluding carboxylic acids is 1. The maximum absolute atomic E-state index is 11.6. The molecule has 0 saturated carbocycles. The van der Waals surface area contributed by atoms with E-state index in [4.69, 9.17) is 26.2 Å². The molecule has 0 aliphatic rings. The molecule has 0 aromatic heterocycles. The fraction of sp³-hybridized carbons (Fsp3) is 0.471. The first-order valence-corrected chi connectivity index (χ1v) is 8.08. The molecule has 0 aliphatic heterocycles. The Morgan fingerprint density at radius 1 is 1.39 bits per heavy atom. The molecule has 1 amide bonds. The van der Waals surface area contributed by atoms with Crippen LogP contribution >= 0.6 is 11.6 Å². The van der Waals surface area contributed by atoms with Gasteiger partial charge in [-0.3, -0.25) is 4.79 Å². The van der Waals surface area contributed by atoms with Gasteiger partial charge in [0.05, 0.1) is 24.3 Å². The van der Waals surface area contributed by atoms with Crippen LogP contribution < -0.4 is 14.8 Å². The molecule has 0 bridgehead atoms. The van der Waals surface area contributed by atoms with E-state index in [1.54, 1.807) is 25.1 Å². The minimum Gasteiger partial charge on any atom is -0.490 e. The van der Waals surface area contributed by atoms with Crippen molar-refractivity contribution in [2.75, 3.05) is 19.8 Å². The molecule has 0 fully saturated rings. The number of hydrogen-bond donors (Lipinski definition) is 2. The Balaban J connectivity index is 2.89. The summed E-state index contributed by atoms with van der Waals surface area (Å²) in [6.45, 7) is 6.74. The van der Waals surface area contributed by atoms with E-state index in [0.717, 1.165) is 12.0 Å². The monoisotopic (exact) mass is 341 g/mol. The summed E-state index contributed by atoms with van der Waals surface area (Å²) in [5.74, 6) is 0.787. The van der Waals surface area contributed by atoms with Crippen LogP contribution in [0.2, 0.25) is 5.02 Å². The summed E-state index contributed by atoms with van der Waals surface area (Å²) in [6, 6.07) is 3.49. The first kappa shape index (κ1) is 19.3. The highest BCUT2D eigenvalue weighted by Crippen LogP contribution is 2.37. The number of rotatable bonds is 9. The van der Waals surface area contributed by atoms with E-state index in [1.807, 2.05) is 13.8 Å². The third-order valence-electron chi connectivity index (χ3n) is 2.78. The maximum Gasteiger partial charge on any atom is 0.244 e. The molecule has 0 saturated heterocycles. The molecule has 1 aromatic carbocycles. The second-order valence-electron chi connectivity index (χ2n) is 5.04. The van der Waals surface area contributed by atoms with Crippen LogP contribution in [-0.2, 0) is 4.79 Å². The summed E-state index contributed by atoms with van der Waals surface area (Å²) in [6.07, 6.45) is 3.31. The highest BCUT2D eigenvalue weighted by atomic mass is 35.5. The van der Waals surface area contributed by atoms with Crippen molar-refractivity contribution in [3.63, 3.8) is 0 Å². The minimum absolute atomic E-state index is 0.206. The standard InChI is InChI=1S/C17H24ClNO4/c1-4-8-23-17-14(18)9-13(10-15(17)22-5-2)6-7-16(21)19-11-12(3)20/h6-7,9-10,12,20H,4-5,8,11H2,1-3H3,(H,19,21)/b7-6+. The van der Waals surface area contributed by atoms with Crippen LogP contribution in [0.15, 0.2) is 18.2 Å². The van der Waals surface area contributed by atoms with E-state index in [0.29, 0.717) is 29.7 Å². The smallest absolute Gasteiger partial charge is 0.244 e. The van der Waals surface area contributed by atoms with Gasteiger partial charge in [-0.15, -0.1) is 0 Å². The molecule has 1 unspecified atom stereocenters. The summed E-state index contributed by atoms with van der Waals surface area (Å²) >= 11 is 6.25. The Kier molecular flexibility index (Phi) is 8.51. The Hall–Kier alpha value is -1.72. The van der Waals surface area contributed by atoms with Gasteiger partial charge in [0.25, 0.3) is 0 Å². The molecule has 0 aliphatic carbocycles. The zero-order chi connectivity index (χ0) is 17.2. The number of amides is 1. The zero-order valence-corrected chi connectivity index (χ0v) is 14.5. The molecule has 6 heteroatoms. The van der Waals surface area contributed by atoms with Crippen molar-refractivity contribution in [3.05, 3.63) is 28.8 Å². The lowest BCUT2D eigenvalue weighted by molar-refractivity contribution is -0.116. The van der Waals surface area contributed by atoms with Crippen LogP contribution in [0, 0.1) is 0 Å². The highest BCUT2D eigenvalue weighted by molar-refractivity contribution is 6.32. The third-order valence-corrected chi connectivity index (χ3v) is 3.06. The Labute approximate surface area is 142 Å². The fourth-order valence-electron chi connectivity index (χ4n) is 1.77. The number of hydrogen-bond acceptors (Lipinski definition) is 4. The quantitative estimate of drug-likeness (QED) is 0.677. The van der Waals surface area contributed by atoms with E-state index >= 15 is 0 Å². The maximum atomic E-state index is 11.6. The Morgan fingerprint density at radius 3 is 2.74 bits per heavy atom. The van der Waals surface area contributed by atoms with Gasteiger partial charge in [0.15, 0.2) is 11.5 Å². The lowest BCUT2D eigenvalue weighted by Gasteiger charge is -2.14. The van der Waals surface area contributed by atoms with Crippen molar-refractivity contribution >= 4 is 23.6 Å². The molecule has 1 rings (SSSR count). The molecule has 1 atom stereocenters. The predicted molar refractivity (Wildman–Crippen MR) is 92.1 cm³/mol. The topological polar surface area (TPSA) is 67.8 Å². The summed E-state index contributed by atoms with van der Waals surface area (Å²) < 4.78 is 11.2. The largest absolute Gasteiger partial charge is 0.490 e. The van der Waals surface area contributed by atoms with Gasteiger partial charge in [0, 0.05) is 12.6 Å². The molecule has 128 valence electrons. The van der Waals surface area contributed by atoms with Gasteiger partial charge in [-0.1, -0.05) is 18.5 Å². The van der Waals surface area contributed by atoms with Crippen LogP contribution in [0.3, 0.4) is 0 Å². The Morgan fingerprint density at radius 2 is 2.13 bits per heavy atom.